The van der Waals surface area contributed by atoms with Gasteiger partial charge in [-0.15, -0.1) is 0 Å². The van der Waals surface area contributed by atoms with Crippen LogP contribution in [-0.4, -0.2) is 25.2 Å². The smallest absolute Gasteiger partial charge is 0.227 e. The lowest BCUT2D eigenvalue weighted by Crippen LogP contribution is -2.02. The predicted molar refractivity (Wildman–Crippen MR) is 69.1 cm³/mol. The summed E-state index contributed by atoms with van der Waals surface area (Å²) < 4.78 is 5.16. The molecule has 1 unspecified atom stereocenters. The molecule has 2 heterocycles. The summed E-state index contributed by atoms with van der Waals surface area (Å²) in [5.74, 6) is 1.97. The molecule has 0 saturated heterocycles. The minimum Gasteiger partial charge on any atom is -0.385 e. The Morgan fingerprint density at radius 3 is 2.53 bits per heavy atom. The summed E-state index contributed by atoms with van der Waals surface area (Å²) in [5.41, 5.74) is 0.686. The summed E-state index contributed by atoms with van der Waals surface area (Å²) >= 11 is 0. The van der Waals surface area contributed by atoms with Crippen molar-refractivity contribution >= 4 is 0 Å². The predicted octanol–water partition coefficient (Wildman–Crippen LogP) is 2.17. The largest absolute Gasteiger partial charge is 0.385 e. The molecule has 2 aromatic rings. The molecule has 6 nitrogen and oxygen atoms in total. The fraction of sp³-hybridized carbons (Fsp3) is 0.538. The van der Waals surface area contributed by atoms with Crippen LogP contribution in [0.25, 0.3) is 11.4 Å². The third kappa shape index (κ3) is 3.35. The van der Waals surface area contributed by atoms with E-state index in [1.54, 1.807) is 12.4 Å². The third-order valence-electron chi connectivity index (χ3n) is 2.67. The second kappa shape index (κ2) is 5.88. The third-order valence-corrected chi connectivity index (χ3v) is 2.67. The highest BCUT2D eigenvalue weighted by molar-refractivity contribution is 5.50. The molecule has 0 fully saturated rings. The van der Waals surface area contributed by atoms with E-state index in [2.05, 4.69) is 34.0 Å². The number of hydrogen-bond donors (Lipinski definition) is 1. The van der Waals surface area contributed by atoms with E-state index in [-0.39, 0.29) is 0 Å². The van der Waals surface area contributed by atoms with Crippen molar-refractivity contribution in [1.82, 2.24) is 20.1 Å². The number of nitrogens with zero attached hydrogens (tertiary/aromatic N) is 4. The van der Waals surface area contributed by atoms with E-state index in [9.17, 15) is 5.11 Å². The number of aliphatic hydroxyl groups is 1. The Labute approximate surface area is 111 Å². The Morgan fingerprint density at radius 2 is 1.95 bits per heavy atom. The first-order valence-electron chi connectivity index (χ1n) is 6.43. The topological polar surface area (TPSA) is 84.9 Å². The van der Waals surface area contributed by atoms with E-state index in [1.807, 2.05) is 6.92 Å². The number of hydrogen-bond acceptors (Lipinski definition) is 6. The zero-order valence-corrected chi connectivity index (χ0v) is 11.4. The molecule has 0 aliphatic carbocycles. The molecule has 6 heteroatoms. The second-order valence-electron chi connectivity index (χ2n) is 4.86. The SMILES string of the molecule is CCC(O)c1ncc(-c2noc(CC(C)C)n2)cn1. The second-order valence-corrected chi connectivity index (χ2v) is 4.86. The molecular weight excluding hydrogens is 244 g/mol. The van der Waals surface area contributed by atoms with Gasteiger partial charge in [-0.2, -0.15) is 4.98 Å². The van der Waals surface area contributed by atoms with Crippen molar-refractivity contribution in [2.24, 2.45) is 5.92 Å². The van der Waals surface area contributed by atoms with Crippen molar-refractivity contribution in [3.8, 4) is 11.4 Å². The van der Waals surface area contributed by atoms with Gasteiger partial charge in [0.15, 0.2) is 5.82 Å². The molecule has 0 saturated carbocycles. The van der Waals surface area contributed by atoms with Crippen molar-refractivity contribution in [2.75, 3.05) is 0 Å². The molecule has 0 radical (unpaired) electrons. The van der Waals surface area contributed by atoms with Crippen molar-refractivity contribution < 1.29 is 9.63 Å². The molecule has 0 aromatic carbocycles. The summed E-state index contributed by atoms with van der Waals surface area (Å²) in [7, 11) is 0. The van der Waals surface area contributed by atoms with Gasteiger partial charge in [-0.05, 0) is 12.3 Å². The lowest BCUT2D eigenvalue weighted by Gasteiger charge is -2.04. The Morgan fingerprint density at radius 1 is 1.26 bits per heavy atom. The summed E-state index contributed by atoms with van der Waals surface area (Å²) in [6.45, 7) is 6.06. The first kappa shape index (κ1) is 13.6. The molecule has 0 aliphatic rings. The van der Waals surface area contributed by atoms with E-state index in [1.165, 1.54) is 0 Å². The fourth-order valence-electron chi connectivity index (χ4n) is 1.61. The Kier molecular flexibility index (Phi) is 4.21. The maximum atomic E-state index is 9.62. The van der Waals surface area contributed by atoms with Crippen LogP contribution in [0.15, 0.2) is 16.9 Å². The van der Waals surface area contributed by atoms with Crippen LogP contribution < -0.4 is 0 Å². The molecule has 1 N–H and O–H groups in total. The Bertz CT molecular complexity index is 522. The Hall–Kier alpha value is -1.82. The van der Waals surface area contributed by atoms with E-state index >= 15 is 0 Å². The average molecular weight is 262 g/mol. The molecule has 0 aliphatic heterocycles. The van der Waals surface area contributed by atoms with Gasteiger partial charge in [0.1, 0.15) is 6.10 Å². The maximum absolute atomic E-state index is 9.62. The highest BCUT2D eigenvalue weighted by Gasteiger charge is 2.12. The zero-order chi connectivity index (χ0) is 13.8. The molecule has 19 heavy (non-hydrogen) atoms. The highest BCUT2D eigenvalue weighted by atomic mass is 16.5. The minimum absolute atomic E-state index is 0.414. The maximum Gasteiger partial charge on any atom is 0.227 e. The van der Waals surface area contributed by atoms with Crippen molar-refractivity contribution in [2.45, 2.75) is 39.7 Å². The van der Waals surface area contributed by atoms with E-state index in [0.717, 1.165) is 6.42 Å². The van der Waals surface area contributed by atoms with Gasteiger partial charge in [0.25, 0.3) is 0 Å². The summed E-state index contributed by atoms with van der Waals surface area (Å²) in [6.07, 6.45) is 3.91. The number of aromatic nitrogens is 4. The lowest BCUT2D eigenvalue weighted by atomic mass is 10.1. The van der Waals surface area contributed by atoms with E-state index in [4.69, 9.17) is 4.52 Å². The van der Waals surface area contributed by atoms with Gasteiger partial charge < -0.3 is 9.63 Å². The fourth-order valence-corrected chi connectivity index (χ4v) is 1.61. The number of aliphatic hydroxyl groups excluding tert-OH is 1. The van der Waals surface area contributed by atoms with Crippen LogP contribution in [0.1, 0.15) is 45.0 Å². The molecule has 0 bridgehead atoms. The first-order valence-corrected chi connectivity index (χ1v) is 6.43. The van der Waals surface area contributed by atoms with Crippen LogP contribution in [-0.2, 0) is 6.42 Å². The molecular formula is C13H18N4O2. The summed E-state index contributed by atoms with van der Waals surface area (Å²) in [5, 5.41) is 13.5. The zero-order valence-electron chi connectivity index (χ0n) is 11.4. The molecule has 102 valence electrons. The normalized spacial score (nSPS) is 12.9. The van der Waals surface area contributed by atoms with Gasteiger partial charge in [-0.3, -0.25) is 0 Å². The quantitative estimate of drug-likeness (QED) is 0.888. The summed E-state index contributed by atoms with van der Waals surface area (Å²) in [6, 6.07) is 0. The van der Waals surface area contributed by atoms with Crippen LogP contribution >= 0.6 is 0 Å². The van der Waals surface area contributed by atoms with Crippen LogP contribution in [0.4, 0.5) is 0 Å². The Balaban J connectivity index is 2.15. The van der Waals surface area contributed by atoms with Crippen molar-refractivity contribution in [1.29, 1.82) is 0 Å². The van der Waals surface area contributed by atoms with Gasteiger partial charge in [0, 0.05) is 18.8 Å². The highest BCUT2D eigenvalue weighted by Crippen LogP contribution is 2.17. The first-order chi connectivity index (χ1) is 9.10. The van der Waals surface area contributed by atoms with Gasteiger partial charge in [0.2, 0.25) is 11.7 Å². The standard InChI is InChI=1S/C13H18N4O2/c1-4-10(18)13-14-6-9(7-15-13)12-16-11(19-17-12)5-8(2)3/h6-8,10,18H,4-5H2,1-3H3. The van der Waals surface area contributed by atoms with Crippen LogP contribution in [0, 0.1) is 5.92 Å². The van der Waals surface area contributed by atoms with Crippen molar-refractivity contribution in [3.05, 3.63) is 24.1 Å². The van der Waals surface area contributed by atoms with Crippen molar-refractivity contribution in [3.63, 3.8) is 0 Å². The minimum atomic E-state index is -0.629. The molecule has 2 rings (SSSR count). The van der Waals surface area contributed by atoms with Gasteiger partial charge >= 0.3 is 0 Å². The van der Waals surface area contributed by atoms with Gasteiger partial charge in [0.05, 0.1) is 5.56 Å². The van der Waals surface area contributed by atoms with E-state index < -0.39 is 6.10 Å². The van der Waals surface area contributed by atoms with Crippen LogP contribution in [0.3, 0.4) is 0 Å². The number of rotatable bonds is 5. The van der Waals surface area contributed by atoms with E-state index in [0.29, 0.717) is 35.4 Å². The molecule has 0 spiro atoms. The van der Waals surface area contributed by atoms with Gasteiger partial charge in [-0.25, -0.2) is 9.97 Å². The summed E-state index contributed by atoms with van der Waals surface area (Å²) in [4.78, 5) is 12.5. The van der Waals surface area contributed by atoms with Crippen LogP contribution in [0.5, 0.6) is 0 Å². The average Bonchev–Trinajstić information content (AvgIpc) is 2.85. The molecule has 0 amide bonds. The molecule has 2 aromatic heterocycles. The molecule has 1 atom stereocenters. The lowest BCUT2D eigenvalue weighted by molar-refractivity contribution is 0.163. The monoisotopic (exact) mass is 262 g/mol. The van der Waals surface area contributed by atoms with Crippen LogP contribution in [0.2, 0.25) is 0 Å². The van der Waals surface area contributed by atoms with Gasteiger partial charge in [-0.1, -0.05) is 25.9 Å².